The Morgan fingerprint density at radius 3 is 2.55 bits per heavy atom. The lowest BCUT2D eigenvalue weighted by Gasteiger charge is -2.25. The standard InChI is InChI=1S/C22H20N4O3/c1-12-4-6-13(7-5-12)20-19-18(15-9-8-14(27-2)10-17(15)28-3)16(11-23)21(24)29-22(19)26-25-20/h4-10,18H,24H2,1-3H3,(H,25,26)/t18-/m0/s1. The van der Waals surface area contributed by atoms with E-state index in [1.54, 1.807) is 20.3 Å². The maximum Gasteiger partial charge on any atom is 0.244 e. The number of hydrogen-bond donors (Lipinski definition) is 2. The van der Waals surface area contributed by atoms with Crippen molar-refractivity contribution in [3.05, 3.63) is 70.6 Å². The number of aromatic nitrogens is 2. The first kappa shape index (κ1) is 18.4. The second kappa shape index (κ2) is 7.24. The van der Waals surface area contributed by atoms with E-state index >= 15 is 0 Å². The number of nitrogens with one attached hydrogen (secondary N) is 1. The molecule has 146 valence electrons. The molecule has 0 saturated carbocycles. The monoisotopic (exact) mass is 388 g/mol. The lowest BCUT2D eigenvalue weighted by atomic mass is 9.82. The van der Waals surface area contributed by atoms with Gasteiger partial charge in [0.05, 0.1) is 31.4 Å². The first-order valence-corrected chi connectivity index (χ1v) is 9.02. The van der Waals surface area contributed by atoms with Gasteiger partial charge in [-0.25, -0.2) is 0 Å². The highest BCUT2D eigenvalue weighted by atomic mass is 16.5. The molecule has 3 N–H and O–H groups in total. The molecule has 1 aliphatic heterocycles. The van der Waals surface area contributed by atoms with Crippen LogP contribution in [0.5, 0.6) is 17.4 Å². The minimum atomic E-state index is -0.500. The van der Waals surface area contributed by atoms with Crippen molar-refractivity contribution in [1.29, 1.82) is 5.26 Å². The maximum absolute atomic E-state index is 9.85. The van der Waals surface area contributed by atoms with Gasteiger partial charge in [0.2, 0.25) is 11.8 Å². The fourth-order valence-corrected chi connectivity index (χ4v) is 3.55. The topological polar surface area (TPSA) is 106 Å². The van der Waals surface area contributed by atoms with Crippen LogP contribution in [0.4, 0.5) is 0 Å². The molecular weight excluding hydrogens is 368 g/mol. The van der Waals surface area contributed by atoms with Crippen LogP contribution in [0.3, 0.4) is 0 Å². The molecule has 2 aromatic carbocycles. The third-order valence-electron chi connectivity index (χ3n) is 5.03. The molecule has 3 aromatic rings. The number of aromatic amines is 1. The molecule has 0 radical (unpaired) electrons. The molecule has 7 heteroatoms. The van der Waals surface area contributed by atoms with Gasteiger partial charge in [0.1, 0.15) is 23.1 Å². The highest BCUT2D eigenvalue weighted by molar-refractivity contribution is 5.72. The van der Waals surface area contributed by atoms with Crippen molar-refractivity contribution in [2.24, 2.45) is 5.73 Å². The molecule has 29 heavy (non-hydrogen) atoms. The smallest absolute Gasteiger partial charge is 0.244 e. The molecule has 0 bridgehead atoms. The van der Waals surface area contributed by atoms with Crippen LogP contribution in [-0.2, 0) is 0 Å². The highest BCUT2D eigenvalue weighted by Gasteiger charge is 2.37. The fourth-order valence-electron chi connectivity index (χ4n) is 3.55. The number of rotatable bonds is 4. The van der Waals surface area contributed by atoms with Crippen molar-refractivity contribution in [1.82, 2.24) is 10.2 Å². The number of hydrogen-bond acceptors (Lipinski definition) is 6. The zero-order valence-electron chi connectivity index (χ0n) is 16.3. The average Bonchev–Trinajstić information content (AvgIpc) is 3.16. The van der Waals surface area contributed by atoms with Crippen LogP contribution in [0.25, 0.3) is 11.3 Å². The number of aryl methyl sites for hydroxylation is 1. The van der Waals surface area contributed by atoms with E-state index in [9.17, 15) is 5.26 Å². The van der Waals surface area contributed by atoms with Gasteiger partial charge < -0.3 is 19.9 Å². The Hall–Kier alpha value is -3.92. The Morgan fingerprint density at radius 1 is 1.14 bits per heavy atom. The Kier molecular flexibility index (Phi) is 4.61. The summed E-state index contributed by atoms with van der Waals surface area (Å²) in [5, 5.41) is 17.2. The second-order valence-corrected chi connectivity index (χ2v) is 6.72. The summed E-state index contributed by atoms with van der Waals surface area (Å²) in [7, 11) is 3.17. The molecule has 4 rings (SSSR count). The predicted octanol–water partition coefficient (Wildman–Crippen LogP) is 3.62. The first-order chi connectivity index (χ1) is 14.1. The van der Waals surface area contributed by atoms with Crippen molar-refractivity contribution >= 4 is 0 Å². The van der Waals surface area contributed by atoms with Crippen molar-refractivity contribution in [3.8, 4) is 34.7 Å². The number of nitrogens with zero attached hydrogens (tertiary/aromatic N) is 2. The number of ether oxygens (including phenoxy) is 3. The number of H-pyrrole nitrogens is 1. The maximum atomic E-state index is 9.85. The summed E-state index contributed by atoms with van der Waals surface area (Å²) in [6, 6.07) is 15.7. The van der Waals surface area contributed by atoms with Gasteiger partial charge in [0.25, 0.3) is 0 Å². The quantitative estimate of drug-likeness (QED) is 0.707. The molecule has 1 aliphatic rings. The van der Waals surface area contributed by atoms with Crippen molar-refractivity contribution in [2.45, 2.75) is 12.8 Å². The lowest BCUT2D eigenvalue weighted by Crippen LogP contribution is -2.21. The lowest BCUT2D eigenvalue weighted by molar-refractivity contribution is 0.373. The van der Waals surface area contributed by atoms with E-state index in [0.29, 0.717) is 23.0 Å². The van der Waals surface area contributed by atoms with Gasteiger partial charge in [-0.15, -0.1) is 5.10 Å². The number of methoxy groups -OCH3 is 2. The minimum Gasteiger partial charge on any atom is -0.497 e. The summed E-state index contributed by atoms with van der Waals surface area (Å²) in [6.07, 6.45) is 0. The van der Waals surface area contributed by atoms with E-state index in [4.69, 9.17) is 19.9 Å². The molecule has 7 nitrogen and oxygen atoms in total. The first-order valence-electron chi connectivity index (χ1n) is 9.02. The molecule has 0 unspecified atom stereocenters. The van der Waals surface area contributed by atoms with E-state index in [-0.39, 0.29) is 5.88 Å². The molecular formula is C22H20N4O3. The molecule has 1 atom stereocenters. The third kappa shape index (κ3) is 3.05. The normalized spacial score (nSPS) is 15.3. The van der Waals surface area contributed by atoms with Gasteiger partial charge in [-0.05, 0) is 13.0 Å². The molecule has 0 saturated heterocycles. The van der Waals surface area contributed by atoms with Crippen LogP contribution in [0, 0.1) is 18.3 Å². The summed E-state index contributed by atoms with van der Waals surface area (Å²) in [5.41, 5.74) is 10.7. The van der Waals surface area contributed by atoms with Crippen LogP contribution in [-0.4, -0.2) is 24.4 Å². The number of nitrogens with two attached hydrogens (primary N) is 1. The molecule has 2 heterocycles. The van der Waals surface area contributed by atoms with E-state index < -0.39 is 5.92 Å². The zero-order valence-corrected chi connectivity index (χ0v) is 16.3. The predicted molar refractivity (Wildman–Crippen MR) is 108 cm³/mol. The molecule has 1 aromatic heterocycles. The van der Waals surface area contributed by atoms with Gasteiger partial charge >= 0.3 is 0 Å². The summed E-state index contributed by atoms with van der Waals surface area (Å²) >= 11 is 0. The number of benzene rings is 2. The van der Waals surface area contributed by atoms with E-state index in [2.05, 4.69) is 16.3 Å². The Balaban J connectivity index is 1.96. The summed E-state index contributed by atoms with van der Waals surface area (Å²) in [4.78, 5) is 0. The van der Waals surface area contributed by atoms with Crippen molar-refractivity contribution < 1.29 is 14.2 Å². The summed E-state index contributed by atoms with van der Waals surface area (Å²) in [6.45, 7) is 2.03. The molecule has 0 fully saturated rings. The van der Waals surface area contributed by atoms with Crippen LogP contribution < -0.4 is 19.9 Å². The largest absolute Gasteiger partial charge is 0.497 e. The SMILES string of the molecule is COc1ccc([C@H]2C(C#N)=C(N)Oc3n[nH]c(-c4ccc(C)cc4)c32)c(OC)c1. The Labute approximate surface area is 168 Å². The third-order valence-corrected chi connectivity index (χ3v) is 5.03. The second-order valence-electron chi connectivity index (χ2n) is 6.72. The Bertz CT molecular complexity index is 1140. The van der Waals surface area contributed by atoms with E-state index in [0.717, 1.165) is 27.9 Å². The van der Waals surface area contributed by atoms with Gasteiger partial charge in [-0.2, -0.15) is 5.26 Å². The average molecular weight is 388 g/mol. The summed E-state index contributed by atoms with van der Waals surface area (Å²) < 4.78 is 16.6. The van der Waals surface area contributed by atoms with Crippen LogP contribution in [0.15, 0.2) is 53.9 Å². The van der Waals surface area contributed by atoms with Crippen LogP contribution >= 0.6 is 0 Å². The van der Waals surface area contributed by atoms with Gasteiger partial charge in [0, 0.05) is 17.2 Å². The van der Waals surface area contributed by atoms with Crippen molar-refractivity contribution in [3.63, 3.8) is 0 Å². The van der Waals surface area contributed by atoms with E-state index in [1.807, 2.05) is 43.3 Å². The molecule has 0 amide bonds. The summed E-state index contributed by atoms with van der Waals surface area (Å²) in [5.74, 6) is 1.11. The molecule has 0 spiro atoms. The zero-order chi connectivity index (χ0) is 20.5. The Morgan fingerprint density at radius 2 is 1.90 bits per heavy atom. The number of allylic oxidation sites excluding steroid dienone is 1. The van der Waals surface area contributed by atoms with Crippen LogP contribution in [0.1, 0.15) is 22.6 Å². The fraction of sp³-hybridized carbons (Fsp3) is 0.182. The van der Waals surface area contributed by atoms with Gasteiger partial charge in [-0.3, -0.25) is 5.10 Å². The van der Waals surface area contributed by atoms with Gasteiger partial charge in [-0.1, -0.05) is 35.9 Å². The highest BCUT2D eigenvalue weighted by Crippen LogP contribution is 2.48. The van der Waals surface area contributed by atoms with Crippen molar-refractivity contribution in [2.75, 3.05) is 14.2 Å². The number of nitriles is 1. The minimum absolute atomic E-state index is 0.0322. The number of fused-ring (bicyclic) bond motifs is 1. The molecule has 0 aliphatic carbocycles. The van der Waals surface area contributed by atoms with Gasteiger partial charge in [0.15, 0.2) is 0 Å². The van der Waals surface area contributed by atoms with E-state index in [1.165, 1.54) is 0 Å². The van der Waals surface area contributed by atoms with Crippen LogP contribution in [0.2, 0.25) is 0 Å².